The van der Waals surface area contributed by atoms with Crippen LogP contribution in [0.1, 0.15) is 24.0 Å². The van der Waals surface area contributed by atoms with Crippen LogP contribution in [-0.4, -0.2) is 82.5 Å². The molecule has 2 aliphatic rings. The lowest BCUT2D eigenvalue weighted by atomic mass is 10.0. The molecule has 0 unspecified atom stereocenters. The number of likely N-dealkylation sites (tertiary alicyclic amines) is 1. The van der Waals surface area contributed by atoms with Gasteiger partial charge < -0.3 is 0 Å². The Morgan fingerprint density at radius 1 is 0.882 bits per heavy atom. The number of nitriles is 1. The van der Waals surface area contributed by atoms with Crippen molar-refractivity contribution in [1.82, 2.24) is 14.1 Å². The van der Waals surface area contributed by atoms with Crippen LogP contribution in [0.15, 0.2) is 58.3 Å². The topological polar surface area (TPSA) is 102 Å². The van der Waals surface area contributed by atoms with Gasteiger partial charge >= 0.3 is 0 Å². The normalized spacial score (nSPS) is 19.6. The summed E-state index contributed by atoms with van der Waals surface area (Å²) >= 11 is 0. The Kier molecular flexibility index (Phi) is 7.40. The van der Waals surface area contributed by atoms with Crippen LogP contribution in [0, 0.1) is 11.3 Å². The Labute approximate surface area is 202 Å². The van der Waals surface area contributed by atoms with Crippen LogP contribution in [-0.2, 0) is 26.4 Å². The summed E-state index contributed by atoms with van der Waals surface area (Å²) in [7, 11) is -7.21. The van der Waals surface area contributed by atoms with E-state index in [9.17, 15) is 16.8 Å². The molecule has 10 heteroatoms. The Bertz CT molecular complexity index is 1270. The van der Waals surface area contributed by atoms with E-state index >= 15 is 0 Å². The van der Waals surface area contributed by atoms with Gasteiger partial charge in [-0.3, -0.25) is 9.80 Å². The maximum absolute atomic E-state index is 13.1. The molecule has 2 saturated heterocycles. The SMILES string of the molecule is CS(=O)(=O)c1cccc(S(=O)(=O)N2CCN(C3CCN(Cc4cccc(C#N)c4)CC3)CC2)c1. The molecule has 2 aliphatic heterocycles. The molecule has 0 saturated carbocycles. The highest BCUT2D eigenvalue weighted by atomic mass is 32.2. The van der Waals surface area contributed by atoms with Gasteiger partial charge in [0.15, 0.2) is 9.84 Å². The summed E-state index contributed by atoms with van der Waals surface area (Å²) in [4.78, 5) is 4.82. The first-order chi connectivity index (χ1) is 16.2. The molecule has 0 radical (unpaired) electrons. The van der Waals surface area contributed by atoms with Crippen molar-refractivity contribution in [2.24, 2.45) is 0 Å². The lowest BCUT2D eigenvalue weighted by molar-refractivity contribution is 0.0786. The zero-order valence-electron chi connectivity index (χ0n) is 19.3. The van der Waals surface area contributed by atoms with E-state index in [1.165, 1.54) is 28.6 Å². The molecule has 0 aromatic heterocycles. The second kappa shape index (κ2) is 10.1. The second-order valence-electron chi connectivity index (χ2n) is 9.01. The fourth-order valence-corrected chi connectivity index (χ4v) is 6.97. The number of benzene rings is 2. The van der Waals surface area contributed by atoms with Crippen molar-refractivity contribution in [3.05, 3.63) is 59.7 Å². The number of hydrogen-bond donors (Lipinski definition) is 0. The quantitative estimate of drug-likeness (QED) is 0.595. The standard InChI is InChI=1S/C24H30N4O4S2/c1-33(29,30)23-6-3-7-24(17-23)34(31,32)28-14-12-27(13-15-28)22-8-10-26(11-9-22)19-21-5-2-4-20(16-21)18-25/h2-7,16-17,22H,8-15,19H2,1H3. The molecule has 0 amide bonds. The van der Waals surface area contributed by atoms with Gasteiger partial charge in [0.1, 0.15) is 0 Å². The number of rotatable bonds is 6. The lowest BCUT2D eigenvalue weighted by Crippen LogP contribution is -2.54. The lowest BCUT2D eigenvalue weighted by Gasteiger charge is -2.42. The van der Waals surface area contributed by atoms with Gasteiger partial charge in [0.05, 0.1) is 21.4 Å². The summed E-state index contributed by atoms with van der Waals surface area (Å²) in [5.74, 6) is 0. The fourth-order valence-electron chi connectivity index (χ4n) is 4.76. The van der Waals surface area contributed by atoms with Crippen LogP contribution in [0.25, 0.3) is 0 Å². The molecular formula is C24H30N4O4S2. The predicted molar refractivity (Wildman–Crippen MR) is 129 cm³/mol. The third kappa shape index (κ3) is 5.67. The maximum Gasteiger partial charge on any atom is 0.243 e. The number of nitrogens with zero attached hydrogens (tertiary/aromatic N) is 4. The van der Waals surface area contributed by atoms with Crippen molar-refractivity contribution >= 4 is 19.9 Å². The monoisotopic (exact) mass is 502 g/mol. The van der Waals surface area contributed by atoms with Gasteiger partial charge in [-0.2, -0.15) is 9.57 Å². The van der Waals surface area contributed by atoms with Crippen LogP contribution in [0.5, 0.6) is 0 Å². The van der Waals surface area contributed by atoms with Crippen LogP contribution in [0.2, 0.25) is 0 Å². The predicted octanol–water partition coefficient (Wildman–Crippen LogP) is 1.93. The highest BCUT2D eigenvalue weighted by molar-refractivity contribution is 7.91. The summed E-state index contributed by atoms with van der Waals surface area (Å²) in [6, 6.07) is 16.0. The maximum atomic E-state index is 13.1. The minimum Gasteiger partial charge on any atom is -0.299 e. The van der Waals surface area contributed by atoms with E-state index in [1.54, 1.807) is 0 Å². The van der Waals surface area contributed by atoms with Crippen molar-refractivity contribution in [1.29, 1.82) is 5.26 Å². The molecule has 182 valence electrons. The van der Waals surface area contributed by atoms with Crippen molar-refractivity contribution in [2.45, 2.75) is 35.2 Å². The van der Waals surface area contributed by atoms with Gasteiger partial charge in [-0.05, 0) is 61.8 Å². The molecule has 0 spiro atoms. The summed E-state index contributed by atoms with van der Waals surface area (Å²) in [5, 5.41) is 9.09. The van der Waals surface area contributed by atoms with Crippen molar-refractivity contribution in [3.63, 3.8) is 0 Å². The third-order valence-electron chi connectivity index (χ3n) is 6.68. The van der Waals surface area contributed by atoms with Gasteiger partial charge in [0, 0.05) is 45.0 Å². The van der Waals surface area contributed by atoms with Crippen molar-refractivity contribution in [3.8, 4) is 6.07 Å². The molecule has 0 N–H and O–H groups in total. The van der Waals surface area contributed by atoms with Gasteiger partial charge in [0.25, 0.3) is 0 Å². The smallest absolute Gasteiger partial charge is 0.243 e. The first kappa shape index (κ1) is 24.8. The zero-order valence-corrected chi connectivity index (χ0v) is 20.9. The Hall–Kier alpha value is -2.29. The number of sulfone groups is 1. The fraction of sp³-hybridized carbons (Fsp3) is 0.458. The molecule has 0 aliphatic carbocycles. The first-order valence-corrected chi connectivity index (χ1v) is 14.8. The molecule has 4 rings (SSSR count). The molecule has 2 aromatic carbocycles. The van der Waals surface area contributed by atoms with Crippen molar-refractivity contribution < 1.29 is 16.8 Å². The second-order valence-corrected chi connectivity index (χ2v) is 13.0. The van der Waals surface area contributed by atoms with E-state index in [1.807, 2.05) is 18.2 Å². The van der Waals surface area contributed by atoms with Crippen LogP contribution in [0.4, 0.5) is 0 Å². The number of hydrogen-bond acceptors (Lipinski definition) is 7. The van der Waals surface area contributed by atoms with E-state index in [0.717, 1.165) is 44.3 Å². The van der Waals surface area contributed by atoms with Crippen LogP contribution < -0.4 is 0 Å². The molecule has 2 aromatic rings. The van der Waals surface area contributed by atoms with Crippen molar-refractivity contribution in [2.75, 3.05) is 45.5 Å². The summed E-state index contributed by atoms with van der Waals surface area (Å²) in [6.45, 7) is 4.90. The van der Waals surface area contributed by atoms with Crippen LogP contribution >= 0.6 is 0 Å². The molecule has 8 nitrogen and oxygen atoms in total. The zero-order chi connectivity index (χ0) is 24.3. The minimum atomic E-state index is -3.74. The van der Waals surface area contributed by atoms with E-state index in [-0.39, 0.29) is 9.79 Å². The number of piperazine rings is 1. The molecule has 0 atom stereocenters. The molecule has 2 fully saturated rings. The van der Waals surface area contributed by atoms with E-state index in [2.05, 4.69) is 21.9 Å². The van der Waals surface area contributed by atoms with Gasteiger partial charge in [-0.15, -0.1) is 0 Å². The van der Waals surface area contributed by atoms with Gasteiger partial charge in [0.2, 0.25) is 10.0 Å². The average molecular weight is 503 g/mol. The minimum absolute atomic E-state index is 0.0123. The number of piperidine rings is 1. The molecular weight excluding hydrogens is 472 g/mol. The van der Waals surface area contributed by atoms with Crippen LogP contribution in [0.3, 0.4) is 0 Å². The highest BCUT2D eigenvalue weighted by Crippen LogP contribution is 2.24. The summed E-state index contributed by atoms with van der Waals surface area (Å²) in [5.41, 5.74) is 1.83. The largest absolute Gasteiger partial charge is 0.299 e. The first-order valence-electron chi connectivity index (χ1n) is 11.4. The van der Waals surface area contributed by atoms with E-state index in [0.29, 0.717) is 37.8 Å². The molecule has 2 heterocycles. The van der Waals surface area contributed by atoms with Gasteiger partial charge in [-0.1, -0.05) is 18.2 Å². The Morgan fingerprint density at radius 2 is 1.53 bits per heavy atom. The summed E-state index contributed by atoms with van der Waals surface area (Å²) in [6.07, 6.45) is 3.13. The number of sulfonamides is 1. The average Bonchev–Trinajstić information content (AvgIpc) is 2.84. The highest BCUT2D eigenvalue weighted by Gasteiger charge is 2.32. The van der Waals surface area contributed by atoms with E-state index in [4.69, 9.17) is 5.26 Å². The molecule has 0 bridgehead atoms. The summed E-state index contributed by atoms with van der Waals surface area (Å²) < 4.78 is 51.3. The van der Waals surface area contributed by atoms with E-state index < -0.39 is 19.9 Å². The van der Waals surface area contributed by atoms with Gasteiger partial charge in [-0.25, -0.2) is 16.8 Å². The molecule has 34 heavy (non-hydrogen) atoms. The Morgan fingerprint density at radius 3 is 2.18 bits per heavy atom. The Balaban J connectivity index is 1.31. The third-order valence-corrected chi connectivity index (χ3v) is 9.69.